The van der Waals surface area contributed by atoms with Gasteiger partial charge in [0.2, 0.25) is 0 Å². The Bertz CT molecular complexity index is 328. The molecule has 2 aliphatic carbocycles. The number of hydrogen-bond donors (Lipinski definition) is 1. The van der Waals surface area contributed by atoms with Crippen LogP contribution in [-0.4, -0.2) is 25.8 Å². The molecule has 0 aromatic carbocycles. The molecular formula is C19H37NO. The number of rotatable bonds is 4. The van der Waals surface area contributed by atoms with Crippen LogP contribution in [0.2, 0.25) is 0 Å². The topological polar surface area (TPSA) is 21.3 Å². The summed E-state index contributed by atoms with van der Waals surface area (Å²) in [5.41, 5.74) is 0.559. The molecule has 0 heterocycles. The Labute approximate surface area is 132 Å². The summed E-state index contributed by atoms with van der Waals surface area (Å²) >= 11 is 0. The summed E-state index contributed by atoms with van der Waals surface area (Å²) in [7, 11) is 4.09. The van der Waals surface area contributed by atoms with Crippen molar-refractivity contribution in [1.82, 2.24) is 5.32 Å². The van der Waals surface area contributed by atoms with Gasteiger partial charge in [-0.3, -0.25) is 0 Å². The molecular weight excluding hydrogens is 258 g/mol. The van der Waals surface area contributed by atoms with Crippen molar-refractivity contribution in [3.05, 3.63) is 0 Å². The smallest absolute Gasteiger partial charge is 0.0833 e. The summed E-state index contributed by atoms with van der Waals surface area (Å²) in [5.74, 6) is 2.53. The van der Waals surface area contributed by atoms with Crippen LogP contribution < -0.4 is 5.32 Å². The maximum Gasteiger partial charge on any atom is 0.0833 e. The minimum absolute atomic E-state index is 0.0647. The maximum absolute atomic E-state index is 6.18. The number of likely N-dealkylation sites (N-methyl/N-ethyl adjacent to an activating group) is 1. The summed E-state index contributed by atoms with van der Waals surface area (Å²) < 4.78 is 6.18. The number of nitrogens with one attached hydrogen (secondary N) is 1. The third kappa shape index (κ3) is 3.64. The zero-order valence-corrected chi connectivity index (χ0v) is 15.2. The molecule has 0 aliphatic heterocycles. The van der Waals surface area contributed by atoms with Gasteiger partial charge in [-0.05, 0) is 68.7 Å². The van der Waals surface area contributed by atoms with Crippen LogP contribution in [0.5, 0.6) is 0 Å². The van der Waals surface area contributed by atoms with Gasteiger partial charge in [0.1, 0.15) is 0 Å². The van der Waals surface area contributed by atoms with Gasteiger partial charge in [-0.2, -0.15) is 0 Å². The largest absolute Gasteiger partial charge is 0.377 e. The van der Waals surface area contributed by atoms with Gasteiger partial charge in [-0.25, -0.2) is 0 Å². The molecule has 0 saturated heterocycles. The molecule has 124 valence electrons. The van der Waals surface area contributed by atoms with Crippen molar-refractivity contribution in [2.75, 3.05) is 14.2 Å². The first-order valence-corrected chi connectivity index (χ1v) is 9.06. The lowest BCUT2D eigenvalue weighted by molar-refractivity contribution is -0.103. The summed E-state index contributed by atoms with van der Waals surface area (Å²) in [6, 6.07) is 0.522. The molecule has 1 N–H and O–H groups in total. The van der Waals surface area contributed by atoms with E-state index in [-0.39, 0.29) is 5.60 Å². The lowest BCUT2D eigenvalue weighted by Crippen LogP contribution is -2.58. The lowest BCUT2D eigenvalue weighted by Gasteiger charge is -2.51. The van der Waals surface area contributed by atoms with Gasteiger partial charge in [-0.1, -0.05) is 34.1 Å². The van der Waals surface area contributed by atoms with Gasteiger partial charge in [0.15, 0.2) is 0 Å². The van der Waals surface area contributed by atoms with E-state index in [0.29, 0.717) is 11.5 Å². The van der Waals surface area contributed by atoms with Crippen molar-refractivity contribution in [3.8, 4) is 0 Å². The van der Waals surface area contributed by atoms with Crippen molar-refractivity contribution >= 4 is 0 Å². The SMILES string of the molecule is CNC(C1CCC(C)C(C)C1)C1(OC)CCC(C)(C)CC1. The maximum atomic E-state index is 6.18. The molecule has 0 spiro atoms. The van der Waals surface area contributed by atoms with Gasteiger partial charge in [0.05, 0.1) is 5.60 Å². The molecule has 0 aromatic heterocycles. The molecule has 0 amide bonds. The predicted octanol–water partition coefficient (Wildman–Crippen LogP) is 4.63. The number of methoxy groups -OCH3 is 1. The van der Waals surface area contributed by atoms with Crippen molar-refractivity contribution in [2.45, 2.75) is 84.3 Å². The molecule has 2 nitrogen and oxygen atoms in total. The molecule has 21 heavy (non-hydrogen) atoms. The Morgan fingerprint density at radius 2 is 1.62 bits per heavy atom. The highest BCUT2D eigenvalue weighted by molar-refractivity contribution is 5.02. The Kier molecular flexibility index (Phi) is 5.41. The van der Waals surface area contributed by atoms with Crippen LogP contribution in [0.1, 0.15) is 72.6 Å². The van der Waals surface area contributed by atoms with Gasteiger partial charge < -0.3 is 10.1 Å². The van der Waals surface area contributed by atoms with Crippen molar-refractivity contribution < 1.29 is 4.74 Å². The molecule has 2 aliphatic rings. The van der Waals surface area contributed by atoms with Crippen LogP contribution in [0.4, 0.5) is 0 Å². The zero-order valence-electron chi connectivity index (χ0n) is 15.2. The van der Waals surface area contributed by atoms with E-state index in [1.54, 1.807) is 0 Å². The van der Waals surface area contributed by atoms with E-state index in [1.807, 2.05) is 7.11 Å². The Morgan fingerprint density at radius 3 is 2.10 bits per heavy atom. The predicted molar refractivity (Wildman–Crippen MR) is 90.5 cm³/mol. The Balaban J connectivity index is 2.11. The van der Waals surface area contributed by atoms with E-state index in [1.165, 1.54) is 44.9 Å². The average Bonchev–Trinajstić information content (AvgIpc) is 2.45. The van der Waals surface area contributed by atoms with Crippen LogP contribution in [0.3, 0.4) is 0 Å². The molecule has 2 rings (SSSR count). The van der Waals surface area contributed by atoms with Gasteiger partial charge in [0, 0.05) is 13.2 Å². The third-order valence-corrected chi connectivity index (χ3v) is 6.84. The van der Waals surface area contributed by atoms with E-state index in [4.69, 9.17) is 4.74 Å². The second-order valence-corrected chi connectivity index (χ2v) is 8.73. The van der Waals surface area contributed by atoms with Crippen LogP contribution in [0, 0.1) is 23.2 Å². The van der Waals surface area contributed by atoms with Crippen LogP contribution in [0.25, 0.3) is 0 Å². The molecule has 2 heteroatoms. The van der Waals surface area contributed by atoms with Gasteiger partial charge >= 0.3 is 0 Å². The minimum Gasteiger partial charge on any atom is -0.377 e. The second-order valence-electron chi connectivity index (χ2n) is 8.73. The number of ether oxygens (including phenoxy) is 1. The first-order chi connectivity index (χ1) is 9.83. The second kappa shape index (κ2) is 6.58. The molecule has 4 unspecified atom stereocenters. The van der Waals surface area contributed by atoms with E-state index in [0.717, 1.165) is 17.8 Å². The molecule has 2 saturated carbocycles. The van der Waals surface area contributed by atoms with E-state index >= 15 is 0 Å². The average molecular weight is 296 g/mol. The fraction of sp³-hybridized carbons (Fsp3) is 1.00. The first-order valence-electron chi connectivity index (χ1n) is 9.06. The van der Waals surface area contributed by atoms with Crippen LogP contribution in [-0.2, 0) is 4.74 Å². The lowest BCUT2D eigenvalue weighted by atomic mass is 9.63. The molecule has 2 fully saturated rings. The summed E-state index contributed by atoms with van der Waals surface area (Å²) in [6.07, 6.45) is 9.11. The molecule has 0 aromatic rings. The fourth-order valence-corrected chi connectivity index (χ4v) is 4.81. The monoisotopic (exact) mass is 295 g/mol. The minimum atomic E-state index is 0.0647. The Morgan fingerprint density at radius 1 is 1.00 bits per heavy atom. The van der Waals surface area contributed by atoms with Crippen molar-refractivity contribution in [2.24, 2.45) is 23.2 Å². The molecule has 0 radical (unpaired) electrons. The highest BCUT2D eigenvalue weighted by Gasteiger charge is 2.47. The highest BCUT2D eigenvalue weighted by atomic mass is 16.5. The molecule has 4 atom stereocenters. The Hall–Kier alpha value is -0.0800. The van der Waals surface area contributed by atoms with E-state index in [9.17, 15) is 0 Å². The first kappa shape index (κ1) is 17.3. The van der Waals surface area contributed by atoms with Crippen molar-refractivity contribution in [1.29, 1.82) is 0 Å². The molecule has 0 bridgehead atoms. The third-order valence-electron chi connectivity index (χ3n) is 6.84. The summed E-state index contributed by atoms with van der Waals surface area (Å²) in [4.78, 5) is 0. The van der Waals surface area contributed by atoms with Crippen LogP contribution >= 0.6 is 0 Å². The van der Waals surface area contributed by atoms with Gasteiger partial charge in [0.25, 0.3) is 0 Å². The summed E-state index contributed by atoms with van der Waals surface area (Å²) in [5, 5.41) is 3.67. The quantitative estimate of drug-likeness (QED) is 0.816. The fourth-order valence-electron chi connectivity index (χ4n) is 4.81. The standard InChI is InChI=1S/C19H37NO/c1-14-7-8-16(13-15(14)2)17(20-5)19(21-6)11-9-18(3,4)10-12-19/h14-17,20H,7-13H2,1-6H3. The van der Waals surface area contributed by atoms with E-state index in [2.05, 4.69) is 40.1 Å². The number of hydrogen-bond acceptors (Lipinski definition) is 2. The normalized spacial score (nSPS) is 37.1. The van der Waals surface area contributed by atoms with Crippen molar-refractivity contribution in [3.63, 3.8) is 0 Å². The zero-order chi connectivity index (χ0) is 15.7. The highest BCUT2D eigenvalue weighted by Crippen LogP contribution is 2.47. The van der Waals surface area contributed by atoms with Crippen LogP contribution in [0.15, 0.2) is 0 Å². The summed E-state index contributed by atoms with van der Waals surface area (Å²) in [6.45, 7) is 9.67. The van der Waals surface area contributed by atoms with Gasteiger partial charge in [-0.15, -0.1) is 0 Å². The van der Waals surface area contributed by atoms with E-state index < -0.39 is 0 Å².